The minimum Gasteiger partial charge on any atom is -0.469 e. The van der Waals surface area contributed by atoms with Gasteiger partial charge < -0.3 is 9.64 Å². The molecule has 0 heterocycles. The van der Waals surface area contributed by atoms with E-state index in [0.717, 1.165) is 19.5 Å². The fourth-order valence-electron chi connectivity index (χ4n) is 0.868. The molecule has 0 rings (SSSR count). The topological polar surface area (TPSA) is 29.5 Å². The Morgan fingerprint density at radius 1 is 1.46 bits per heavy atom. The van der Waals surface area contributed by atoms with E-state index in [0.29, 0.717) is 6.42 Å². The summed E-state index contributed by atoms with van der Waals surface area (Å²) < 4.78 is 4.53. The van der Waals surface area contributed by atoms with Gasteiger partial charge in [0, 0.05) is 19.5 Å². The molecule has 0 saturated carbocycles. The fraction of sp³-hybridized carbons (Fsp3) is 0.700. The van der Waals surface area contributed by atoms with Crippen molar-refractivity contribution < 1.29 is 9.53 Å². The summed E-state index contributed by atoms with van der Waals surface area (Å²) in [4.78, 5) is 12.8. The van der Waals surface area contributed by atoms with Crippen LogP contribution in [0.1, 0.15) is 19.8 Å². The molecular weight excluding hydrogens is 166 g/mol. The maximum Gasteiger partial charge on any atom is 0.306 e. The monoisotopic (exact) mass is 183 g/mol. The van der Waals surface area contributed by atoms with Crippen molar-refractivity contribution in [2.75, 3.05) is 27.2 Å². The van der Waals surface area contributed by atoms with Crippen LogP contribution in [0.2, 0.25) is 0 Å². The normalized spacial score (nSPS) is 9.23. The quantitative estimate of drug-likeness (QED) is 0.468. The molecule has 0 bridgehead atoms. The summed E-state index contributed by atoms with van der Waals surface area (Å²) in [6.07, 6.45) is 1.31. The summed E-state index contributed by atoms with van der Waals surface area (Å²) >= 11 is 0. The smallest absolute Gasteiger partial charge is 0.306 e. The lowest BCUT2D eigenvalue weighted by Gasteiger charge is -2.13. The highest BCUT2D eigenvalue weighted by molar-refractivity contribution is 5.69. The van der Waals surface area contributed by atoms with Gasteiger partial charge in [-0.3, -0.25) is 4.79 Å². The Morgan fingerprint density at radius 2 is 2.15 bits per heavy atom. The summed E-state index contributed by atoms with van der Waals surface area (Å²) in [5, 5.41) is 0. The Bertz CT molecular complexity index is 203. The van der Waals surface area contributed by atoms with Gasteiger partial charge in [-0.05, 0) is 14.0 Å². The number of hydrogen-bond acceptors (Lipinski definition) is 3. The zero-order chi connectivity index (χ0) is 10.1. The molecule has 0 atom stereocenters. The zero-order valence-corrected chi connectivity index (χ0v) is 8.59. The van der Waals surface area contributed by atoms with E-state index in [1.165, 1.54) is 7.11 Å². The van der Waals surface area contributed by atoms with Crippen molar-refractivity contribution >= 4 is 5.97 Å². The minimum atomic E-state index is -0.159. The number of methoxy groups -OCH3 is 1. The molecule has 0 aromatic carbocycles. The van der Waals surface area contributed by atoms with Crippen LogP contribution >= 0.6 is 0 Å². The SMILES string of the molecule is CC#CCCN(C)CCC(=O)OC. The Morgan fingerprint density at radius 3 is 2.69 bits per heavy atom. The Labute approximate surface area is 80.1 Å². The molecule has 0 unspecified atom stereocenters. The number of hydrogen-bond donors (Lipinski definition) is 0. The number of rotatable bonds is 5. The van der Waals surface area contributed by atoms with Crippen LogP contribution in [0.25, 0.3) is 0 Å². The lowest BCUT2D eigenvalue weighted by Crippen LogP contribution is -2.23. The van der Waals surface area contributed by atoms with Gasteiger partial charge in [0.25, 0.3) is 0 Å². The average molecular weight is 183 g/mol. The maximum absolute atomic E-state index is 10.8. The molecule has 74 valence electrons. The van der Waals surface area contributed by atoms with Crippen LogP contribution in [0.4, 0.5) is 0 Å². The average Bonchev–Trinajstić information content (AvgIpc) is 2.14. The molecule has 0 N–H and O–H groups in total. The van der Waals surface area contributed by atoms with Crippen LogP contribution in [0.5, 0.6) is 0 Å². The molecule has 3 heteroatoms. The first kappa shape index (κ1) is 12.0. The van der Waals surface area contributed by atoms with E-state index in [1.54, 1.807) is 0 Å². The van der Waals surface area contributed by atoms with Gasteiger partial charge in [0.05, 0.1) is 13.5 Å². The number of carbonyl (C=O) groups is 1. The molecule has 0 saturated heterocycles. The lowest BCUT2D eigenvalue weighted by atomic mass is 10.3. The molecule has 0 aromatic rings. The van der Waals surface area contributed by atoms with Gasteiger partial charge in [-0.2, -0.15) is 0 Å². The van der Waals surface area contributed by atoms with E-state index in [-0.39, 0.29) is 5.97 Å². The lowest BCUT2D eigenvalue weighted by molar-refractivity contribution is -0.140. The van der Waals surface area contributed by atoms with Crippen LogP contribution in [-0.2, 0) is 9.53 Å². The molecule has 0 aliphatic heterocycles. The Kier molecular flexibility index (Phi) is 7.04. The first-order chi connectivity index (χ1) is 6.20. The molecule has 0 aliphatic rings. The van der Waals surface area contributed by atoms with E-state index in [9.17, 15) is 4.79 Å². The number of ether oxygens (including phenoxy) is 1. The third-order valence-corrected chi connectivity index (χ3v) is 1.72. The van der Waals surface area contributed by atoms with Gasteiger partial charge in [0.2, 0.25) is 0 Å². The zero-order valence-electron chi connectivity index (χ0n) is 8.59. The van der Waals surface area contributed by atoms with Gasteiger partial charge in [0.15, 0.2) is 0 Å². The van der Waals surface area contributed by atoms with E-state index in [2.05, 4.69) is 21.5 Å². The molecule has 3 nitrogen and oxygen atoms in total. The molecule has 0 aromatic heterocycles. The highest BCUT2D eigenvalue weighted by Gasteiger charge is 2.02. The van der Waals surface area contributed by atoms with E-state index in [4.69, 9.17) is 0 Å². The number of esters is 1. The molecule has 13 heavy (non-hydrogen) atoms. The summed E-state index contributed by atoms with van der Waals surface area (Å²) in [6, 6.07) is 0. The third kappa shape index (κ3) is 7.35. The van der Waals surface area contributed by atoms with Crippen molar-refractivity contribution in [1.82, 2.24) is 4.90 Å². The van der Waals surface area contributed by atoms with Gasteiger partial charge in [-0.1, -0.05) is 0 Å². The molecule has 0 spiro atoms. The predicted octanol–water partition coefficient (Wildman–Crippen LogP) is 0.895. The third-order valence-electron chi connectivity index (χ3n) is 1.72. The summed E-state index contributed by atoms with van der Waals surface area (Å²) in [6.45, 7) is 3.46. The van der Waals surface area contributed by atoms with Gasteiger partial charge >= 0.3 is 5.97 Å². The van der Waals surface area contributed by atoms with Crippen LogP contribution in [0.3, 0.4) is 0 Å². The van der Waals surface area contributed by atoms with Crippen LogP contribution in [0, 0.1) is 11.8 Å². The van der Waals surface area contributed by atoms with Crippen molar-refractivity contribution in [3.8, 4) is 11.8 Å². The van der Waals surface area contributed by atoms with Gasteiger partial charge in [-0.15, -0.1) is 11.8 Å². The first-order valence-electron chi connectivity index (χ1n) is 4.35. The fourth-order valence-corrected chi connectivity index (χ4v) is 0.868. The van der Waals surface area contributed by atoms with Gasteiger partial charge in [-0.25, -0.2) is 0 Å². The van der Waals surface area contributed by atoms with Gasteiger partial charge in [0.1, 0.15) is 0 Å². The highest BCUT2D eigenvalue weighted by Crippen LogP contribution is 1.91. The second kappa shape index (κ2) is 7.63. The van der Waals surface area contributed by atoms with Crippen molar-refractivity contribution in [2.45, 2.75) is 19.8 Å². The maximum atomic E-state index is 10.8. The van der Waals surface area contributed by atoms with Crippen molar-refractivity contribution in [2.24, 2.45) is 0 Å². The second-order valence-electron chi connectivity index (χ2n) is 2.81. The van der Waals surface area contributed by atoms with E-state index >= 15 is 0 Å². The molecule has 0 aliphatic carbocycles. The Balaban J connectivity index is 3.43. The van der Waals surface area contributed by atoms with E-state index in [1.807, 2.05) is 14.0 Å². The first-order valence-corrected chi connectivity index (χ1v) is 4.35. The number of nitrogens with zero attached hydrogens (tertiary/aromatic N) is 1. The van der Waals surface area contributed by atoms with Crippen LogP contribution < -0.4 is 0 Å². The van der Waals surface area contributed by atoms with Crippen LogP contribution in [-0.4, -0.2) is 38.1 Å². The molecule has 0 fully saturated rings. The second-order valence-corrected chi connectivity index (χ2v) is 2.81. The van der Waals surface area contributed by atoms with Crippen LogP contribution in [0.15, 0.2) is 0 Å². The Hall–Kier alpha value is -1.01. The summed E-state index contributed by atoms with van der Waals surface area (Å²) in [7, 11) is 3.38. The van der Waals surface area contributed by atoms with E-state index < -0.39 is 0 Å². The standard InChI is InChI=1S/C10H17NO2/c1-4-5-6-8-11(2)9-7-10(12)13-3/h6-9H2,1-3H3. The number of carbonyl (C=O) groups excluding carboxylic acids is 1. The highest BCUT2D eigenvalue weighted by atomic mass is 16.5. The molecule has 0 radical (unpaired) electrons. The summed E-state index contributed by atoms with van der Waals surface area (Å²) in [5.74, 6) is 5.64. The minimum absolute atomic E-state index is 0.159. The largest absolute Gasteiger partial charge is 0.469 e. The van der Waals surface area contributed by atoms with Crippen molar-refractivity contribution in [3.63, 3.8) is 0 Å². The van der Waals surface area contributed by atoms with Crippen molar-refractivity contribution in [1.29, 1.82) is 0 Å². The molecular formula is C10H17NO2. The summed E-state index contributed by atoms with van der Waals surface area (Å²) in [5.41, 5.74) is 0. The van der Waals surface area contributed by atoms with Crippen molar-refractivity contribution in [3.05, 3.63) is 0 Å². The molecule has 0 amide bonds. The predicted molar refractivity (Wildman–Crippen MR) is 52.2 cm³/mol.